The van der Waals surface area contributed by atoms with Crippen LogP contribution in [0.1, 0.15) is 65.2 Å². The third kappa shape index (κ3) is 4.57. The Hall–Kier alpha value is -0.120. The summed E-state index contributed by atoms with van der Waals surface area (Å²) in [7, 11) is 0. The van der Waals surface area contributed by atoms with Crippen LogP contribution in [0.2, 0.25) is 0 Å². The third-order valence-corrected chi connectivity index (χ3v) is 4.14. The number of rotatable bonds is 2. The van der Waals surface area contributed by atoms with Gasteiger partial charge < -0.3 is 9.84 Å². The molecule has 0 spiro atoms. The molecular formula is C14H27NO2. The number of hydrogen-bond acceptors (Lipinski definition) is 3. The van der Waals surface area contributed by atoms with E-state index in [0.717, 1.165) is 45.1 Å². The van der Waals surface area contributed by atoms with Crippen molar-refractivity contribution in [2.45, 2.75) is 82.6 Å². The average molecular weight is 241 g/mol. The lowest BCUT2D eigenvalue weighted by atomic mass is 9.84. The van der Waals surface area contributed by atoms with Gasteiger partial charge in [0, 0.05) is 6.54 Å². The minimum absolute atomic E-state index is 0.0155. The lowest BCUT2D eigenvalue weighted by Crippen LogP contribution is -2.33. The normalized spacial score (nSPS) is 44.3. The van der Waals surface area contributed by atoms with Gasteiger partial charge in [0.1, 0.15) is 6.23 Å². The van der Waals surface area contributed by atoms with E-state index in [0.29, 0.717) is 6.23 Å². The fourth-order valence-corrected chi connectivity index (χ4v) is 2.87. The lowest BCUT2D eigenvalue weighted by Gasteiger charge is -2.33. The number of aliphatic hydroxyl groups is 1. The van der Waals surface area contributed by atoms with Crippen LogP contribution in [0.4, 0.5) is 0 Å². The van der Waals surface area contributed by atoms with Gasteiger partial charge in [-0.05, 0) is 46.0 Å². The molecule has 100 valence electrons. The Labute approximate surface area is 105 Å². The second kappa shape index (κ2) is 5.25. The molecule has 3 heteroatoms. The minimum atomic E-state index is -0.462. The fraction of sp³-hybridized carbons (Fsp3) is 1.00. The van der Waals surface area contributed by atoms with Gasteiger partial charge in [-0.15, -0.1) is 0 Å². The highest BCUT2D eigenvalue weighted by molar-refractivity contribution is 4.85. The highest BCUT2D eigenvalue weighted by Crippen LogP contribution is 2.32. The fourth-order valence-electron chi connectivity index (χ4n) is 2.87. The maximum absolute atomic E-state index is 10.2. The molecule has 0 radical (unpaired) electrons. The van der Waals surface area contributed by atoms with Crippen molar-refractivity contribution < 1.29 is 9.84 Å². The van der Waals surface area contributed by atoms with Gasteiger partial charge in [0.05, 0.1) is 11.2 Å². The molecule has 2 rings (SSSR count). The first-order chi connectivity index (χ1) is 7.99. The molecular weight excluding hydrogens is 214 g/mol. The van der Waals surface area contributed by atoms with Crippen molar-refractivity contribution in [2.24, 2.45) is 0 Å². The quantitative estimate of drug-likeness (QED) is 0.731. The molecule has 0 aromatic heterocycles. The summed E-state index contributed by atoms with van der Waals surface area (Å²) < 4.78 is 6.10. The van der Waals surface area contributed by atoms with Gasteiger partial charge in [0.2, 0.25) is 0 Å². The first-order valence-electron chi connectivity index (χ1n) is 7.13. The van der Waals surface area contributed by atoms with Gasteiger partial charge in [0.15, 0.2) is 0 Å². The molecule has 3 unspecified atom stereocenters. The van der Waals surface area contributed by atoms with Crippen LogP contribution in [0.25, 0.3) is 0 Å². The molecule has 3 nitrogen and oxygen atoms in total. The molecule has 1 heterocycles. The summed E-state index contributed by atoms with van der Waals surface area (Å²) in [5.74, 6) is 0. The number of hydrogen-bond donors (Lipinski definition) is 2. The van der Waals surface area contributed by atoms with E-state index in [1.807, 2.05) is 6.92 Å². The average Bonchev–Trinajstić information content (AvgIpc) is 3.00. The molecule has 1 saturated heterocycles. The molecule has 1 saturated carbocycles. The Kier molecular flexibility index (Phi) is 4.11. The summed E-state index contributed by atoms with van der Waals surface area (Å²) in [5, 5.41) is 13.4. The van der Waals surface area contributed by atoms with Crippen LogP contribution in [0.5, 0.6) is 0 Å². The molecule has 3 atom stereocenters. The Bertz CT molecular complexity index is 251. The second-order valence-electron chi connectivity index (χ2n) is 6.38. The van der Waals surface area contributed by atoms with E-state index < -0.39 is 5.60 Å². The maximum Gasteiger partial charge on any atom is 0.121 e. The lowest BCUT2D eigenvalue weighted by molar-refractivity contribution is -0.0653. The van der Waals surface area contributed by atoms with Gasteiger partial charge in [-0.2, -0.15) is 0 Å². The standard InChI is InChI=1S/C14H27NO2/c1-13(16)7-4-3-5-9-14(2,10-6-8-13)17-12-11-15-12/h12,15-16H,3-11H2,1-2H3. The molecule has 0 bridgehead atoms. The molecule has 2 N–H and O–H groups in total. The summed E-state index contributed by atoms with van der Waals surface area (Å²) >= 11 is 0. The first kappa shape index (κ1) is 13.3. The third-order valence-electron chi connectivity index (χ3n) is 4.14. The topological polar surface area (TPSA) is 51.4 Å². The SMILES string of the molecule is CC1(O)CCCCCC(C)(OC2CN2)CCC1. The molecule has 0 aromatic rings. The number of nitrogens with one attached hydrogen (secondary N) is 1. The zero-order chi connectivity index (χ0) is 12.4. The molecule has 2 fully saturated rings. The highest BCUT2D eigenvalue weighted by Gasteiger charge is 2.34. The predicted octanol–water partition coefficient (Wildman–Crippen LogP) is 2.58. The van der Waals surface area contributed by atoms with E-state index >= 15 is 0 Å². The molecule has 1 aliphatic carbocycles. The minimum Gasteiger partial charge on any atom is -0.390 e. The summed E-state index contributed by atoms with van der Waals surface area (Å²) in [6, 6.07) is 0. The van der Waals surface area contributed by atoms with Gasteiger partial charge in [0.25, 0.3) is 0 Å². The molecule has 17 heavy (non-hydrogen) atoms. The Morgan fingerprint density at radius 3 is 2.29 bits per heavy atom. The second-order valence-corrected chi connectivity index (χ2v) is 6.38. The van der Waals surface area contributed by atoms with Crippen molar-refractivity contribution in [3.8, 4) is 0 Å². The zero-order valence-corrected chi connectivity index (χ0v) is 11.3. The Morgan fingerprint density at radius 1 is 1.00 bits per heavy atom. The van der Waals surface area contributed by atoms with Gasteiger partial charge in [-0.25, -0.2) is 0 Å². The molecule has 1 aliphatic heterocycles. The maximum atomic E-state index is 10.2. The van der Waals surface area contributed by atoms with Crippen LogP contribution in [0, 0.1) is 0 Å². The van der Waals surface area contributed by atoms with Crippen molar-refractivity contribution in [3.05, 3.63) is 0 Å². The zero-order valence-electron chi connectivity index (χ0n) is 11.3. The highest BCUT2D eigenvalue weighted by atomic mass is 16.5. The van der Waals surface area contributed by atoms with E-state index in [4.69, 9.17) is 4.74 Å². The van der Waals surface area contributed by atoms with E-state index in [-0.39, 0.29) is 5.60 Å². The van der Waals surface area contributed by atoms with Crippen LogP contribution in [0.15, 0.2) is 0 Å². The largest absolute Gasteiger partial charge is 0.390 e. The smallest absolute Gasteiger partial charge is 0.121 e. The van der Waals surface area contributed by atoms with Gasteiger partial charge in [-0.3, -0.25) is 5.32 Å². The summed E-state index contributed by atoms with van der Waals surface area (Å²) in [6.07, 6.45) is 9.03. The molecule has 0 aromatic carbocycles. The van der Waals surface area contributed by atoms with Crippen molar-refractivity contribution in [1.82, 2.24) is 5.32 Å². The predicted molar refractivity (Wildman–Crippen MR) is 68.8 cm³/mol. The summed E-state index contributed by atoms with van der Waals surface area (Å²) in [6.45, 7) is 5.23. The van der Waals surface area contributed by atoms with Crippen molar-refractivity contribution >= 4 is 0 Å². The van der Waals surface area contributed by atoms with E-state index in [1.54, 1.807) is 0 Å². The Morgan fingerprint density at radius 2 is 1.59 bits per heavy atom. The Balaban J connectivity index is 1.88. The van der Waals surface area contributed by atoms with E-state index in [2.05, 4.69) is 12.2 Å². The van der Waals surface area contributed by atoms with Gasteiger partial charge >= 0.3 is 0 Å². The van der Waals surface area contributed by atoms with Gasteiger partial charge in [-0.1, -0.05) is 19.3 Å². The summed E-state index contributed by atoms with van der Waals surface area (Å²) in [4.78, 5) is 0. The van der Waals surface area contributed by atoms with Crippen molar-refractivity contribution in [3.63, 3.8) is 0 Å². The van der Waals surface area contributed by atoms with Crippen molar-refractivity contribution in [1.29, 1.82) is 0 Å². The first-order valence-corrected chi connectivity index (χ1v) is 7.13. The molecule has 0 amide bonds. The van der Waals surface area contributed by atoms with Crippen LogP contribution in [-0.4, -0.2) is 29.1 Å². The summed E-state index contributed by atoms with van der Waals surface area (Å²) in [5.41, 5.74) is -0.447. The van der Waals surface area contributed by atoms with Crippen LogP contribution >= 0.6 is 0 Å². The van der Waals surface area contributed by atoms with Crippen LogP contribution in [0.3, 0.4) is 0 Å². The van der Waals surface area contributed by atoms with Crippen molar-refractivity contribution in [2.75, 3.05) is 6.54 Å². The van der Waals surface area contributed by atoms with E-state index in [9.17, 15) is 5.11 Å². The molecule has 2 aliphatic rings. The monoisotopic (exact) mass is 241 g/mol. The van der Waals surface area contributed by atoms with Crippen LogP contribution < -0.4 is 5.32 Å². The van der Waals surface area contributed by atoms with E-state index in [1.165, 1.54) is 12.8 Å². The number of ether oxygens (including phenoxy) is 1. The van der Waals surface area contributed by atoms with Crippen LogP contribution in [-0.2, 0) is 4.74 Å².